The van der Waals surface area contributed by atoms with Gasteiger partial charge in [0.25, 0.3) is 0 Å². The van der Waals surface area contributed by atoms with E-state index in [0.29, 0.717) is 5.78 Å². The molecule has 14 heavy (non-hydrogen) atoms. The van der Waals surface area contributed by atoms with Crippen LogP contribution in [-0.4, -0.2) is 10.8 Å². The summed E-state index contributed by atoms with van der Waals surface area (Å²) in [4.78, 5) is 16.7. The molecule has 0 aliphatic heterocycles. The highest BCUT2D eigenvalue weighted by Gasteiger charge is 2.12. The van der Waals surface area contributed by atoms with Gasteiger partial charge in [0.2, 0.25) is 0 Å². The van der Waals surface area contributed by atoms with E-state index in [-0.39, 0.29) is 5.92 Å². The van der Waals surface area contributed by atoms with Crippen molar-refractivity contribution in [3.8, 4) is 0 Å². The lowest BCUT2D eigenvalue weighted by Crippen LogP contribution is -2.10. The highest BCUT2D eigenvalue weighted by molar-refractivity contribution is 7.09. The average molecular weight is 211 g/mol. The molecule has 78 valence electrons. The van der Waals surface area contributed by atoms with Crippen molar-refractivity contribution < 1.29 is 4.79 Å². The van der Waals surface area contributed by atoms with Crippen LogP contribution in [0.2, 0.25) is 0 Å². The Hall–Kier alpha value is -0.700. The Morgan fingerprint density at radius 3 is 2.79 bits per heavy atom. The number of carbonyl (C=O) groups excluding carboxylic acids is 1. The molecule has 0 saturated carbocycles. The number of hydrogen-bond donors (Lipinski definition) is 0. The zero-order valence-electron chi connectivity index (χ0n) is 9.04. The van der Waals surface area contributed by atoms with Crippen molar-refractivity contribution in [2.75, 3.05) is 0 Å². The Bertz CT molecular complexity index is 306. The molecule has 2 nitrogen and oxygen atoms in total. The minimum atomic E-state index is 0.233. The predicted octanol–water partition coefficient (Wildman–Crippen LogP) is 3.00. The zero-order chi connectivity index (χ0) is 10.6. The fourth-order valence-electron chi connectivity index (χ4n) is 1.57. The fourth-order valence-corrected chi connectivity index (χ4v) is 2.36. The molecule has 1 heterocycles. The maximum absolute atomic E-state index is 11.2. The molecule has 1 aromatic rings. The number of hydrogen-bond acceptors (Lipinski definition) is 3. The molecule has 0 radical (unpaired) electrons. The maximum Gasteiger partial charge on any atom is 0.132 e. The van der Waals surface area contributed by atoms with Gasteiger partial charge in [-0.1, -0.05) is 6.92 Å². The number of aryl methyl sites for hydroxylation is 2. The summed E-state index contributed by atoms with van der Waals surface area (Å²) in [6.07, 6.45) is 2.91. The van der Waals surface area contributed by atoms with Crippen LogP contribution in [0, 0.1) is 12.8 Å². The predicted molar refractivity (Wildman–Crippen MR) is 59.6 cm³/mol. The summed E-state index contributed by atoms with van der Waals surface area (Å²) in [5.41, 5.74) is 2.99. The van der Waals surface area contributed by atoms with Crippen molar-refractivity contribution in [1.29, 1.82) is 0 Å². The van der Waals surface area contributed by atoms with Gasteiger partial charge in [0, 0.05) is 10.8 Å². The molecule has 0 bridgehead atoms. The maximum atomic E-state index is 11.2. The van der Waals surface area contributed by atoms with Crippen LogP contribution in [0.5, 0.6) is 0 Å². The molecule has 1 rings (SSSR count). The number of ketones is 1. The molecule has 1 unspecified atom stereocenters. The molecule has 0 spiro atoms. The van der Waals surface area contributed by atoms with E-state index in [9.17, 15) is 4.79 Å². The molecule has 3 heteroatoms. The molecular formula is C11H17NOS. The molecule has 1 aromatic heterocycles. The van der Waals surface area contributed by atoms with Crippen LogP contribution >= 0.6 is 11.3 Å². The first-order valence-corrected chi connectivity index (χ1v) is 5.92. The van der Waals surface area contributed by atoms with Crippen LogP contribution in [0.4, 0.5) is 0 Å². The summed E-state index contributed by atoms with van der Waals surface area (Å²) in [6.45, 7) is 5.79. The van der Waals surface area contributed by atoms with E-state index >= 15 is 0 Å². The van der Waals surface area contributed by atoms with E-state index < -0.39 is 0 Å². The standard InChI is InChI=1S/C11H17NOS/c1-4-10(9(3)13)5-6-11-8(2)12-7-14-11/h7,10H,4-6H2,1-3H3. The highest BCUT2D eigenvalue weighted by Crippen LogP contribution is 2.19. The lowest BCUT2D eigenvalue weighted by molar-refractivity contribution is -0.121. The van der Waals surface area contributed by atoms with Gasteiger partial charge in [-0.25, -0.2) is 4.98 Å². The number of aromatic nitrogens is 1. The second-order valence-electron chi connectivity index (χ2n) is 3.62. The van der Waals surface area contributed by atoms with Crippen LogP contribution in [-0.2, 0) is 11.2 Å². The molecule has 0 aliphatic carbocycles. The van der Waals surface area contributed by atoms with Crippen LogP contribution in [0.1, 0.15) is 37.3 Å². The van der Waals surface area contributed by atoms with E-state index in [1.165, 1.54) is 4.88 Å². The monoisotopic (exact) mass is 211 g/mol. The normalized spacial score (nSPS) is 12.8. The summed E-state index contributed by atoms with van der Waals surface area (Å²) >= 11 is 1.69. The highest BCUT2D eigenvalue weighted by atomic mass is 32.1. The van der Waals surface area contributed by atoms with E-state index in [1.807, 2.05) is 12.4 Å². The van der Waals surface area contributed by atoms with Gasteiger partial charge in [-0.05, 0) is 33.1 Å². The number of Topliss-reactive ketones (excluding diaryl/α,β-unsaturated/α-hetero) is 1. The van der Waals surface area contributed by atoms with Gasteiger partial charge in [-0.3, -0.25) is 4.79 Å². The van der Waals surface area contributed by atoms with Crippen LogP contribution < -0.4 is 0 Å². The molecule has 0 saturated heterocycles. The third-order valence-electron chi connectivity index (χ3n) is 2.63. The van der Waals surface area contributed by atoms with Gasteiger partial charge in [0.1, 0.15) is 5.78 Å². The summed E-state index contributed by atoms with van der Waals surface area (Å²) < 4.78 is 0. The van der Waals surface area contributed by atoms with Gasteiger partial charge < -0.3 is 0 Å². The van der Waals surface area contributed by atoms with Crippen molar-refractivity contribution in [3.63, 3.8) is 0 Å². The second-order valence-corrected chi connectivity index (χ2v) is 4.55. The summed E-state index contributed by atoms with van der Waals surface area (Å²) in [7, 11) is 0. The molecule has 0 amide bonds. The average Bonchev–Trinajstić information content (AvgIpc) is 2.52. The van der Waals surface area contributed by atoms with E-state index in [1.54, 1.807) is 18.3 Å². The van der Waals surface area contributed by atoms with Crippen molar-refractivity contribution in [3.05, 3.63) is 16.1 Å². The van der Waals surface area contributed by atoms with Crippen molar-refractivity contribution in [1.82, 2.24) is 4.98 Å². The first kappa shape index (κ1) is 11.4. The smallest absolute Gasteiger partial charge is 0.132 e. The van der Waals surface area contributed by atoms with E-state index in [0.717, 1.165) is 25.0 Å². The minimum absolute atomic E-state index is 0.233. The van der Waals surface area contributed by atoms with Gasteiger partial charge in [-0.2, -0.15) is 0 Å². The lowest BCUT2D eigenvalue weighted by Gasteiger charge is -2.09. The lowest BCUT2D eigenvalue weighted by atomic mass is 9.96. The Labute approximate surface area is 89.4 Å². The van der Waals surface area contributed by atoms with E-state index in [4.69, 9.17) is 0 Å². The van der Waals surface area contributed by atoms with Crippen molar-refractivity contribution >= 4 is 17.1 Å². The van der Waals surface area contributed by atoms with Gasteiger partial charge in [0.15, 0.2) is 0 Å². The molecule has 0 aliphatic rings. The van der Waals surface area contributed by atoms with Crippen molar-refractivity contribution in [2.24, 2.45) is 5.92 Å². The molecule has 1 atom stereocenters. The summed E-state index contributed by atoms with van der Waals surface area (Å²) in [6, 6.07) is 0. The topological polar surface area (TPSA) is 30.0 Å². The zero-order valence-corrected chi connectivity index (χ0v) is 9.86. The minimum Gasteiger partial charge on any atom is -0.300 e. The molecular weight excluding hydrogens is 194 g/mol. The Morgan fingerprint density at radius 2 is 2.36 bits per heavy atom. The largest absolute Gasteiger partial charge is 0.300 e. The molecule has 0 fully saturated rings. The summed E-state index contributed by atoms with van der Waals surface area (Å²) in [5.74, 6) is 0.547. The number of nitrogens with zero attached hydrogens (tertiary/aromatic N) is 1. The van der Waals surface area contributed by atoms with Crippen molar-refractivity contribution in [2.45, 2.75) is 40.0 Å². The number of rotatable bonds is 5. The number of thiazole rings is 1. The van der Waals surface area contributed by atoms with Crippen LogP contribution in [0.3, 0.4) is 0 Å². The first-order chi connectivity index (χ1) is 6.65. The Kier molecular flexibility index (Phi) is 4.26. The summed E-state index contributed by atoms with van der Waals surface area (Å²) in [5, 5.41) is 0. The molecule has 0 aromatic carbocycles. The third kappa shape index (κ3) is 2.91. The van der Waals surface area contributed by atoms with Gasteiger partial charge in [0.05, 0.1) is 11.2 Å². The fraction of sp³-hybridized carbons (Fsp3) is 0.636. The Morgan fingerprint density at radius 1 is 1.64 bits per heavy atom. The van der Waals surface area contributed by atoms with Gasteiger partial charge >= 0.3 is 0 Å². The molecule has 0 N–H and O–H groups in total. The second kappa shape index (κ2) is 5.25. The van der Waals surface area contributed by atoms with Crippen LogP contribution in [0.25, 0.3) is 0 Å². The van der Waals surface area contributed by atoms with Crippen LogP contribution in [0.15, 0.2) is 5.51 Å². The first-order valence-electron chi connectivity index (χ1n) is 5.04. The number of carbonyl (C=O) groups is 1. The third-order valence-corrected chi connectivity index (χ3v) is 3.63. The SMILES string of the molecule is CCC(CCc1scnc1C)C(C)=O. The van der Waals surface area contributed by atoms with Gasteiger partial charge in [-0.15, -0.1) is 11.3 Å². The quantitative estimate of drug-likeness (QED) is 0.749. The Balaban J connectivity index is 2.47. The van der Waals surface area contributed by atoms with E-state index in [2.05, 4.69) is 11.9 Å².